The molecule has 0 amide bonds. The minimum atomic E-state index is -3.47. The smallest absolute Gasteiger partial charge is 0.220 e. The van der Waals surface area contributed by atoms with Crippen molar-refractivity contribution in [1.29, 1.82) is 0 Å². The van der Waals surface area contributed by atoms with Crippen LogP contribution in [0, 0.1) is 11.6 Å². The molecule has 1 saturated heterocycles. The molecule has 1 aliphatic rings. The largest absolute Gasteiger partial charge is 0.364 e. The van der Waals surface area contributed by atoms with E-state index in [2.05, 4.69) is 20.0 Å². The van der Waals surface area contributed by atoms with E-state index < -0.39 is 21.7 Å². The van der Waals surface area contributed by atoms with Gasteiger partial charge in [0.1, 0.15) is 23.7 Å². The first-order valence-electron chi connectivity index (χ1n) is 9.15. The van der Waals surface area contributed by atoms with Crippen molar-refractivity contribution in [2.45, 2.75) is 12.2 Å². The van der Waals surface area contributed by atoms with Crippen LogP contribution in [-0.2, 0) is 22.2 Å². The SMILES string of the molecule is CN=C(NCCc1cc(F)cc(F)c1)N1CCN(S(=O)(=O)Cc2ccon2)CC1. The summed E-state index contributed by atoms with van der Waals surface area (Å²) in [4.78, 5) is 6.17. The van der Waals surface area contributed by atoms with Gasteiger partial charge in [-0.05, 0) is 24.1 Å². The predicted molar refractivity (Wildman–Crippen MR) is 104 cm³/mol. The van der Waals surface area contributed by atoms with Gasteiger partial charge in [0.05, 0.1) is 5.69 Å². The van der Waals surface area contributed by atoms with Crippen molar-refractivity contribution in [3.05, 3.63) is 53.4 Å². The van der Waals surface area contributed by atoms with Crippen LogP contribution in [0.15, 0.2) is 40.0 Å². The monoisotopic (exact) mass is 427 g/mol. The highest BCUT2D eigenvalue weighted by atomic mass is 32.2. The average Bonchev–Trinajstić information content (AvgIpc) is 3.17. The summed E-state index contributed by atoms with van der Waals surface area (Å²) < 4.78 is 57.7. The molecule has 0 atom stereocenters. The number of benzene rings is 1. The molecule has 3 rings (SSSR count). The first kappa shape index (κ1) is 21.2. The highest BCUT2D eigenvalue weighted by Crippen LogP contribution is 2.13. The number of sulfonamides is 1. The van der Waals surface area contributed by atoms with Crippen molar-refractivity contribution >= 4 is 16.0 Å². The zero-order valence-electron chi connectivity index (χ0n) is 16.0. The summed E-state index contributed by atoms with van der Waals surface area (Å²) in [5, 5.41) is 6.81. The third-order valence-corrected chi connectivity index (χ3v) is 6.40. The summed E-state index contributed by atoms with van der Waals surface area (Å²) in [6.07, 6.45) is 1.77. The van der Waals surface area contributed by atoms with Crippen LogP contribution in [0.5, 0.6) is 0 Å². The van der Waals surface area contributed by atoms with Gasteiger partial charge in [-0.15, -0.1) is 0 Å². The number of guanidine groups is 1. The summed E-state index contributed by atoms with van der Waals surface area (Å²) in [7, 11) is -1.83. The van der Waals surface area contributed by atoms with E-state index in [1.165, 1.54) is 28.8 Å². The Morgan fingerprint density at radius 2 is 1.90 bits per heavy atom. The molecule has 1 N–H and O–H groups in total. The van der Waals surface area contributed by atoms with E-state index >= 15 is 0 Å². The lowest BCUT2D eigenvalue weighted by Crippen LogP contribution is -2.54. The molecule has 158 valence electrons. The van der Waals surface area contributed by atoms with Crippen LogP contribution in [0.1, 0.15) is 11.3 Å². The van der Waals surface area contributed by atoms with Gasteiger partial charge in [-0.3, -0.25) is 4.99 Å². The highest BCUT2D eigenvalue weighted by Gasteiger charge is 2.28. The maximum absolute atomic E-state index is 13.3. The van der Waals surface area contributed by atoms with Gasteiger partial charge in [-0.1, -0.05) is 5.16 Å². The fourth-order valence-corrected chi connectivity index (χ4v) is 4.60. The van der Waals surface area contributed by atoms with Gasteiger partial charge in [0, 0.05) is 51.9 Å². The predicted octanol–water partition coefficient (Wildman–Crippen LogP) is 1.22. The van der Waals surface area contributed by atoms with Gasteiger partial charge in [0.15, 0.2) is 5.96 Å². The zero-order chi connectivity index (χ0) is 20.9. The lowest BCUT2D eigenvalue weighted by molar-refractivity contribution is 0.260. The Labute approximate surface area is 168 Å². The minimum absolute atomic E-state index is 0.194. The number of aliphatic imine (C=N–C) groups is 1. The van der Waals surface area contributed by atoms with Gasteiger partial charge in [-0.2, -0.15) is 4.31 Å². The lowest BCUT2D eigenvalue weighted by Gasteiger charge is -2.35. The maximum atomic E-state index is 13.3. The minimum Gasteiger partial charge on any atom is -0.364 e. The van der Waals surface area contributed by atoms with Crippen LogP contribution >= 0.6 is 0 Å². The summed E-state index contributed by atoms with van der Waals surface area (Å²) in [5.41, 5.74) is 0.924. The van der Waals surface area contributed by atoms with E-state index in [0.29, 0.717) is 56.4 Å². The summed E-state index contributed by atoms with van der Waals surface area (Å²) in [6.45, 7) is 2.06. The second-order valence-corrected chi connectivity index (χ2v) is 8.60. The van der Waals surface area contributed by atoms with Gasteiger partial charge in [-0.25, -0.2) is 17.2 Å². The maximum Gasteiger partial charge on any atom is 0.220 e. The molecular formula is C18H23F2N5O3S. The molecule has 0 bridgehead atoms. The van der Waals surface area contributed by atoms with Gasteiger partial charge >= 0.3 is 0 Å². The van der Waals surface area contributed by atoms with Crippen molar-refractivity contribution in [1.82, 2.24) is 19.7 Å². The normalized spacial score (nSPS) is 16.2. The molecule has 1 aromatic heterocycles. The fourth-order valence-electron chi connectivity index (χ4n) is 3.17. The van der Waals surface area contributed by atoms with Crippen LogP contribution in [0.25, 0.3) is 0 Å². The van der Waals surface area contributed by atoms with E-state index in [0.717, 1.165) is 6.07 Å². The number of halogens is 2. The Hall–Kier alpha value is -2.53. The van der Waals surface area contributed by atoms with Crippen molar-refractivity contribution < 1.29 is 21.7 Å². The molecule has 0 saturated carbocycles. The molecule has 1 fully saturated rings. The molecule has 0 unspecified atom stereocenters. The van der Waals surface area contributed by atoms with Crippen LogP contribution in [0.3, 0.4) is 0 Å². The van der Waals surface area contributed by atoms with Crippen molar-refractivity contribution in [2.75, 3.05) is 39.8 Å². The number of hydrogen-bond acceptors (Lipinski definition) is 5. The van der Waals surface area contributed by atoms with Crippen LogP contribution in [0.4, 0.5) is 8.78 Å². The first-order valence-corrected chi connectivity index (χ1v) is 10.8. The molecule has 1 aromatic carbocycles. The number of hydrogen-bond donors (Lipinski definition) is 1. The van der Waals surface area contributed by atoms with E-state index in [4.69, 9.17) is 0 Å². The summed E-state index contributed by atoms with van der Waals surface area (Å²) >= 11 is 0. The lowest BCUT2D eigenvalue weighted by atomic mass is 10.1. The van der Waals surface area contributed by atoms with E-state index in [1.807, 2.05) is 4.90 Å². The Morgan fingerprint density at radius 3 is 2.48 bits per heavy atom. The molecule has 1 aliphatic heterocycles. The summed E-state index contributed by atoms with van der Waals surface area (Å²) in [6, 6.07) is 4.97. The Bertz CT molecular complexity index is 922. The number of piperazine rings is 1. The average molecular weight is 427 g/mol. The number of aromatic nitrogens is 1. The quantitative estimate of drug-likeness (QED) is 0.551. The van der Waals surface area contributed by atoms with E-state index in [1.54, 1.807) is 7.05 Å². The number of nitrogens with zero attached hydrogens (tertiary/aromatic N) is 4. The molecular weight excluding hydrogens is 404 g/mol. The molecule has 0 aliphatic carbocycles. The van der Waals surface area contributed by atoms with Crippen LogP contribution < -0.4 is 5.32 Å². The Morgan fingerprint density at radius 1 is 1.21 bits per heavy atom. The summed E-state index contributed by atoms with van der Waals surface area (Å²) in [5.74, 6) is -0.782. The number of rotatable bonds is 6. The second-order valence-electron chi connectivity index (χ2n) is 6.63. The molecule has 0 radical (unpaired) electrons. The third-order valence-electron chi connectivity index (χ3n) is 4.58. The Balaban J connectivity index is 1.49. The van der Waals surface area contributed by atoms with Crippen molar-refractivity contribution in [3.8, 4) is 0 Å². The van der Waals surface area contributed by atoms with E-state index in [-0.39, 0.29) is 5.75 Å². The zero-order valence-corrected chi connectivity index (χ0v) is 16.8. The Kier molecular flexibility index (Phi) is 6.80. The molecule has 8 nitrogen and oxygen atoms in total. The molecule has 2 aromatic rings. The molecule has 2 heterocycles. The van der Waals surface area contributed by atoms with Crippen LogP contribution in [0.2, 0.25) is 0 Å². The van der Waals surface area contributed by atoms with Crippen molar-refractivity contribution in [3.63, 3.8) is 0 Å². The van der Waals surface area contributed by atoms with Gasteiger partial charge in [0.25, 0.3) is 0 Å². The van der Waals surface area contributed by atoms with E-state index in [9.17, 15) is 17.2 Å². The second kappa shape index (κ2) is 9.31. The van der Waals surface area contributed by atoms with Gasteiger partial charge in [0.2, 0.25) is 10.0 Å². The topological polar surface area (TPSA) is 91.0 Å². The molecule has 29 heavy (non-hydrogen) atoms. The van der Waals surface area contributed by atoms with Crippen molar-refractivity contribution in [2.24, 2.45) is 4.99 Å². The molecule has 0 spiro atoms. The third kappa shape index (κ3) is 5.73. The standard InChI is InChI=1S/C18H23F2N5O3S/c1-21-18(22-4-2-14-10-15(19)12-16(20)11-14)24-5-7-25(8-6-24)29(26,27)13-17-3-9-28-23-17/h3,9-12H,2,4-8,13H2,1H3,(H,21,22). The first-order chi connectivity index (χ1) is 13.9. The molecule has 11 heteroatoms. The van der Waals surface area contributed by atoms with Crippen LogP contribution in [-0.4, -0.2) is 68.5 Å². The fraction of sp³-hybridized carbons (Fsp3) is 0.444. The highest BCUT2D eigenvalue weighted by molar-refractivity contribution is 7.88. The number of nitrogens with one attached hydrogen (secondary N) is 1. The van der Waals surface area contributed by atoms with Gasteiger partial charge < -0.3 is 14.7 Å².